The van der Waals surface area contributed by atoms with E-state index in [1.807, 2.05) is 18.2 Å². The lowest BCUT2D eigenvalue weighted by Crippen LogP contribution is -2.08. The average Bonchev–Trinajstić information content (AvgIpc) is 2.52. The zero-order chi connectivity index (χ0) is 15.3. The summed E-state index contributed by atoms with van der Waals surface area (Å²) in [6, 6.07) is 5.66. The van der Waals surface area contributed by atoms with E-state index in [0.29, 0.717) is 38.8 Å². The minimum Gasteiger partial charge on any atom is -0.495 e. The first-order valence-electron chi connectivity index (χ1n) is 6.73. The molecule has 0 unspecified atom stereocenters. The standard InChI is InChI=1S/C16H22O5/c1-18-8-9-20-10-11-21-13-14-5-6-16(19-2)15(12-14)4-3-7-17/h5-6,12,17H,7-11,13H2,1-2H3. The zero-order valence-electron chi connectivity index (χ0n) is 12.6. The van der Waals surface area contributed by atoms with Gasteiger partial charge in [-0.2, -0.15) is 0 Å². The van der Waals surface area contributed by atoms with E-state index in [2.05, 4.69) is 11.8 Å². The van der Waals surface area contributed by atoms with Crippen LogP contribution in [0.25, 0.3) is 0 Å². The van der Waals surface area contributed by atoms with Crippen LogP contribution in [0.5, 0.6) is 5.75 Å². The van der Waals surface area contributed by atoms with Gasteiger partial charge in [0.15, 0.2) is 0 Å². The Balaban J connectivity index is 2.41. The van der Waals surface area contributed by atoms with E-state index in [1.165, 1.54) is 0 Å². The Morgan fingerprint density at radius 3 is 2.52 bits per heavy atom. The Kier molecular flexibility index (Phi) is 9.25. The van der Waals surface area contributed by atoms with Gasteiger partial charge in [0.2, 0.25) is 0 Å². The highest BCUT2D eigenvalue weighted by molar-refractivity contribution is 5.48. The van der Waals surface area contributed by atoms with Gasteiger partial charge in [-0.1, -0.05) is 17.9 Å². The first kappa shape index (κ1) is 17.5. The molecular formula is C16H22O5. The van der Waals surface area contributed by atoms with E-state index >= 15 is 0 Å². The van der Waals surface area contributed by atoms with Gasteiger partial charge in [-0.05, 0) is 17.7 Å². The monoisotopic (exact) mass is 294 g/mol. The van der Waals surface area contributed by atoms with Crippen LogP contribution in [0, 0.1) is 11.8 Å². The topological polar surface area (TPSA) is 57.2 Å². The molecule has 0 aliphatic heterocycles. The van der Waals surface area contributed by atoms with Gasteiger partial charge in [0.25, 0.3) is 0 Å². The summed E-state index contributed by atoms with van der Waals surface area (Å²) >= 11 is 0. The fraction of sp³-hybridized carbons (Fsp3) is 0.500. The van der Waals surface area contributed by atoms with Crippen molar-refractivity contribution in [3.63, 3.8) is 0 Å². The second kappa shape index (κ2) is 11.1. The number of rotatable bonds is 9. The summed E-state index contributed by atoms with van der Waals surface area (Å²) in [6.45, 7) is 2.52. The predicted molar refractivity (Wildman–Crippen MR) is 79.3 cm³/mol. The summed E-state index contributed by atoms with van der Waals surface area (Å²) in [6.07, 6.45) is 0. The van der Waals surface area contributed by atoms with E-state index in [0.717, 1.165) is 11.1 Å². The second-order valence-electron chi connectivity index (χ2n) is 4.15. The Hall–Kier alpha value is -1.58. The van der Waals surface area contributed by atoms with Crippen molar-refractivity contribution < 1.29 is 24.1 Å². The molecule has 0 bridgehead atoms. The van der Waals surface area contributed by atoms with Crippen LogP contribution in [0.3, 0.4) is 0 Å². The van der Waals surface area contributed by atoms with Gasteiger partial charge in [-0.25, -0.2) is 0 Å². The number of aliphatic hydroxyl groups is 1. The number of benzene rings is 1. The van der Waals surface area contributed by atoms with Gasteiger partial charge in [0.05, 0.1) is 45.7 Å². The molecule has 0 atom stereocenters. The van der Waals surface area contributed by atoms with Gasteiger partial charge in [-0.3, -0.25) is 0 Å². The lowest BCUT2D eigenvalue weighted by Gasteiger charge is -2.08. The van der Waals surface area contributed by atoms with Crippen molar-refractivity contribution in [2.24, 2.45) is 0 Å². The summed E-state index contributed by atoms with van der Waals surface area (Å²) in [4.78, 5) is 0. The molecule has 116 valence electrons. The van der Waals surface area contributed by atoms with Crippen LogP contribution in [0.4, 0.5) is 0 Å². The largest absolute Gasteiger partial charge is 0.495 e. The second-order valence-corrected chi connectivity index (χ2v) is 4.15. The van der Waals surface area contributed by atoms with Gasteiger partial charge in [0, 0.05) is 7.11 Å². The minimum absolute atomic E-state index is 0.178. The first-order chi connectivity index (χ1) is 10.3. The maximum absolute atomic E-state index is 8.76. The molecule has 1 aromatic rings. The van der Waals surface area contributed by atoms with Gasteiger partial charge in [-0.15, -0.1) is 0 Å². The Morgan fingerprint density at radius 2 is 1.81 bits per heavy atom. The lowest BCUT2D eigenvalue weighted by atomic mass is 10.1. The number of aliphatic hydroxyl groups excluding tert-OH is 1. The van der Waals surface area contributed by atoms with Crippen LogP contribution in [0.2, 0.25) is 0 Å². The van der Waals surface area contributed by atoms with Gasteiger partial charge in [0.1, 0.15) is 12.4 Å². The quantitative estimate of drug-likeness (QED) is 0.548. The summed E-state index contributed by atoms with van der Waals surface area (Å²) in [7, 11) is 3.23. The van der Waals surface area contributed by atoms with Crippen LogP contribution < -0.4 is 4.74 Å². The molecule has 0 fully saturated rings. The molecule has 0 aromatic heterocycles. The first-order valence-corrected chi connectivity index (χ1v) is 6.73. The van der Waals surface area contributed by atoms with Crippen LogP contribution in [0.15, 0.2) is 18.2 Å². The molecule has 21 heavy (non-hydrogen) atoms. The van der Waals surface area contributed by atoms with Crippen molar-refractivity contribution in [1.29, 1.82) is 0 Å². The smallest absolute Gasteiger partial charge is 0.134 e. The highest BCUT2D eigenvalue weighted by atomic mass is 16.5. The highest BCUT2D eigenvalue weighted by Gasteiger charge is 2.02. The van der Waals surface area contributed by atoms with Crippen molar-refractivity contribution in [2.45, 2.75) is 6.61 Å². The van der Waals surface area contributed by atoms with Crippen molar-refractivity contribution in [1.82, 2.24) is 0 Å². The molecule has 0 aliphatic rings. The van der Waals surface area contributed by atoms with Crippen molar-refractivity contribution in [2.75, 3.05) is 47.3 Å². The predicted octanol–water partition coefficient (Wildman–Crippen LogP) is 1.22. The van der Waals surface area contributed by atoms with Crippen molar-refractivity contribution >= 4 is 0 Å². The summed E-state index contributed by atoms with van der Waals surface area (Å²) in [5, 5.41) is 8.76. The van der Waals surface area contributed by atoms with Crippen LogP contribution in [-0.2, 0) is 20.8 Å². The fourth-order valence-electron chi connectivity index (χ4n) is 1.63. The molecule has 1 N–H and O–H groups in total. The summed E-state index contributed by atoms with van der Waals surface area (Å²) in [5.74, 6) is 6.16. The minimum atomic E-state index is -0.178. The molecule has 5 nitrogen and oxygen atoms in total. The van der Waals surface area contributed by atoms with Crippen LogP contribution in [-0.4, -0.2) is 52.4 Å². The third kappa shape index (κ3) is 7.11. The number of hydrogen-bond donors (Lipinski definition) is 1. The lowest BCUT2D eigenvalue weighted by molar-refractivity contribution is 0.0199. The molecule has 0 saturated carbocycles. The van der Waals surface area contributed by atoms with Crippen LogP contribution >= 0.6 is 0 Å². The van der Waals surface area contributed by atoms with E-state index < -0.39 is 0 Å². The molecule has 0 heterocycles. The molecule has 1 aromatic carbocycles. The summed E-state index contributed by atoms with van der Waals surface area (Å²) in [5.41, 5.74) is 1.74. The molecule has 0 aliphatic carbocycles. The zero-order valence-corrected chi connectivity index (χ0v) is 12.6. The molecule has 0 amide bonds. The van der Waals surface area contributed by atoms with Gasteiger partial charge >= 0.3 is 0 Å². The molecule has 0 radical (unpaired) electrons. The Morgan fingerprint density at radius 1 is 1.05 bits per heavy atom. The highest BCUT2D eigenvalue weighted by Crippen LogP contribution is 2.19. The van der Waals surface area contributed by atoms with E-state index in [1.54, 1.807) is 14.2 Å². The third-order valence-corrected chi connectivity index (χ3v) is 2.64. The Labute approximate surface area is 125 Å². The maximum atomic E-state index is 8.76. The third-order valence-electron chi connectivity index (χ3n) is 2.64. The molecule has 5 heteroatoms. The Bertz CT molecular complexity index is 461. The van der Waals surface area contributed by atoms with Crippen molar-refractivity contribution in [3.05, 3.63) is 29.3 Å². The number of hydrogen-bond acceptors (Lipinski definition) is 5. The van der Waals surface area contributed by atoms with E-state index in [4.69, 9.17) is 24.1 Å². The number of ether oxygens (including phenoxy) is 4. The van der Waals surface area contributed by atoms with Crippen molar-refractivity contribution in [3.8, 4) is 17.6 Å². The SMILES string of the molecule is COCCOCCOCc1ccc(OC)c(C#CCO)c1. The van der Waals surface area contributed by atoms with E-state index in [-0.39, 0.29) is 6.61 Å². The van der Waals surface area contributed by atoms with E-state index in [9.17, 15) is 0 Å². The molecular weight excluding hydrogens is 272 g/mol. The number of methoxy groups -OCH3 is 2. The molecule has 0 saturated heterocycles. The molecule has 0 spiro atoms. The average molecular weight is 294 g/mol. The van der Waals surface area contributed by atoms with Gasteiger partial charge < -0.3 is 24.1 Å². The van der Waals surface area contributed by atoms with Crippen LogP contribution in [0.1, 0.15) is 11.1 Å². The summed E-state index contributed by atoms with van der Waals surface area (Å²) < 4.78 is 20.9. The fourth-order valence-corrected chi connectivity index (χ4v) is 1.63. The maximum Gasteiger partial charge on any atom is 0.134 e. The molecule has 1 rings (SSSR count). The normalized spacial score (nSPS) is 10.0.